The summed E-state index contributed by atoms with van der Waals surface area (Å²) in [5.41, 5.74) is 1.21. The van der Waals surface area contributed by atoms with E-state index in [-0.39, 0.29) is 6.03 Å². The van der Waals surface area contributed by atoms with Crippen molar-refractivity contribution in [1.29, 1.82) is 0 Å². The molecule has 2 aromatic carbocycles. The number of hydrogen-bond acceptors (Lipinski definition) is 6. The highest BCUT2D eigenvalue weighted by molar-refractivity contribution is 6.00. The van der Waals surface area contributed by atoms with Gasteiger partial charge in [0.15, 0.2) is 0 Å². The number of imidazole rings is 1. The fraction of sp³-hybridized carbons (Fsp3) is 0.167. The number of urea groups is 1. The number of nitrogens with zero attached hydrogens (tertiary/aromatic N) is 4. The molecule has 2 N–H and O–H groups in total. The maximum atomic E-state index is 12.4. The molecule has 4 aromatic rings. The summed E-state index contributed by atoms with van der Waals surface area (Å²) in [5.74, 6) is 3.68. The van der Waals surface area contributed by atoms with Crippen LogP contribution in [0.25, 0.3) is 5.82 Å². The number of ether oxygens (including phenoxy) is 2. The molecular formula is C24H24N6O3. The van der Waals surface area contributed by atoms with E-state index in [1.807, 2.05) is 36.7 Å². The number of aromatic nitrogens is 4. The van der Waals surface area contributed by atoms with Crippen LogP contribution < -0.4 is 20.1 Å². The van der Waals surface area contributed by atoms with Crippen LogP contribution in [-0.4, -0.2) is 32.2 Å². The summed E-state index contributed by atoms with van der Waals surface area (Å²) in [7, 11) is 0. The van der Waals surface area contributed by atoms with Gasteiger partial charge in [-0.05, 0) is 57.2 Å². The quantitative estimate of drug-likeness (QED) is 0.410. The smallest absolute Gasteiger partial charge is 0.323 e. The molecule has 0 bridgehead atoms. The molecule has 33 heavy (non-hydrogen) atoms. The van der Waals surface area contributed by atoms with Crippen LogP contribution >= 0.6 is 0 Å². The number of para-hydroxylation sites is 2. The van der Waals surface area contributed by atoms with Gasteiger partial charge in [0.1, 0.15) is 29.0 Å². The van der Waals surface area contributed by atoms with Crippen LogP contribution in [0.1, 0.15) is 18.6 Å². The maximum absolute atomic E-state index is 12.4. The molecule has 0 fully saturated rings. The summed E-state index contributed by atoms with van der Waals surface area (Å²) in [6.07, 6.45) is 3.55. The standard InChI is InChI=1S/C24H24N6O3/c1-4-32-21-8-6-5-7-20(21)29-24(31)28-18-9-11-19(12-10-18)33-23-15-22(26-16(2)27-23)30-14-13-25-17(30)3/h5-15H,4H2,1-3H3,(H2,28,29,31). The lowest BCUT2D eigenvalue weighted by molar-refractivity contribution is 0.262. The molecule has 0 aliphatic heterocycles. The Morgan fingerprint density at radius 3 is 2.55 bits per heavy atom. The van der Waals surface area contributed by atoms with Crippen molar-refractivity contribution in [3.05, 3.63) is 78.6 Å². The molecule has 9 nitrogen and oxygen atoms in total. The van der Waals surface area contributed by atoms with E-state index in [4.69, 9.17) is 9.47 Å². The zero-order chi connectivity index (χ0) is 23.2. The largest absolute Gasteiger partial charge is 0.492 e. The third-order valence-corrected chi connectivity index (χ3v) is 4.64. The van der Waals surface area contributed by atoms with Crippen LogP contribution in [0.5, 0.6) is 17.4 Å². The second-order valence-electron chi connectivity index (χ2n) is 7.09. The number of amides is 2. The van der Waals surface area contributed by atoms with Gasteiger partial charge in [-0.1, -0.05) is 12.1 Å². The van der Waals surface area contributed by atoms with Gasteiger partial charge >= 0.3 is 6.03 Å². The van der Waals surface area contributed by atoms with Gasteiger partial charge < -0.3 is 20.1 Å². The van der Waals surface area contributed by atoms with E-state index in [1.165, 1.54) is 0 Å². The Bertz CT molecular complexity index is 1250. The van der Waals surface area contributed by atoms with Gasteiger partial charge in [0, 0.05) is 24.1 Å². The molecule has 2 amide bonds. The molecule has 0 unspecified atom stereocenters. The zero-order valence-corrected chi connectivity index (χ0v) is 18.6. The van der Waals surface area contributed by atoms with Gasteiger partial charge in [0.25, 0.3) is 0 Å². The van der Waals surface area contributed by atoms with Gasteiger partial charge in [-0.3, -0.25) is 4.57 Å². The van der Waals surface area contributed by atoms with Crippen LogP contribution in [-0.2, 0) is 0 Å². The maximum Gasteiger partial charge on any atom is 0.323 e. The molecule has 2 heterocycles. The summed E-state index contributed by atoms with van der Waals surface area (Å²) < 4.78 is 13.3. The van der Waals surface area contributed by atoms with E-state index in [0.717, 1.165) is 5.82 Å². The lowest BCUT2D eigenvalue weighted by Gasteiger charge is -2.12. The monoisotopic (exact) mass is 444 g/mol. The normalized spacial score (nSPS) is 10.5. The van der Waals surface area contributed by atoms with Crippen molar-refractivity contribution in [2.75, 3.05) is 17.2 Å². The number of carbonyl (C=O) groups is 1. The Hall–Kier alpha value is -4.40. The summed E-state index contributed by atoms with van der Waals surface area (Å²) in [6, 6.07) is 15.7. The predicted molar refractivity (Wildman–Crippen MR) is 125 cm³/mol. The highest BCUT2D eigenvalue weighted by atomic mass is 16.5. The number of rotatable bonds is 7. The molecule has 0 saturated heterocycles. The Balaban J connectivity index is 1.41. The molecular weight excluding hydrogens is 420 g/mol. The second-order valence-corrected chi connectivity index (χ2v) is 7.09. The van der Waals surface area contributed by atoms with Crippen molar-refractivity contribution in [3.63, 3.8) is 0 Å². The molecule has 0 aliphatic rings. The van der Waals surface area contributed by atoms with Gasteiger partial charge in [-0.25, -0.2) is 14.8 Å². The molecule has 2 aromatic heterocycles. The Morgan fingerprint density at radius 1 is 1.03 bits per heavy atom. The molecule has 0 saturated carbocycles. The SMILES string of the molecule is CCOc1ccccc1NC(=O)Nc1ccc(Oc2cc(-n3ccnc3C)nc(C)n2)cc1. The molecule has 9 heteroatoms. The van der Waals surface area contributed by atoms with Crippen LogP contribution in [0, 0.1) is 13.8 Å². The predicted octanol–water partition coefficient (Wildman–Crippen LogP) is 5.11. The third kappa shape index (κ3) is 5.45. The third-order valence-electron chi connectivity index (χ3n) is 4.64. The fourth-order valence-corrected chi connectivity index (χ4v) is 3.18. The van der Waals surface area contributed by atoms with Crippen molar-refractivity contribution >= 4 is 17.4 Å². The summed E-state index contributed by atoms with van der Waals surface area (Å²) in [4.78, 5) is 25.4. The molecule has 0 atom stereocenters. The summed E-state index contributed by atoms with van der Waals surface area (Å²) in [5, 5.41) is 5.59. The van der Waals surface area contributed by atoms with Crippen molar-refractivity contribution in [3.8, 4) is 23.2 Å². The average molecular weight is 444 g/mol. The van der Waals surface area contributed by atoms with Crippen LogP contribution in [0.15, 0.2) is 67.0 Å². The van der Waals surface area contributed by atoms with Crippen molar-refractivity contribution in [2.45, 2.75) is 20.8 Å². The van der Waals surface area contributed by atoms with E-state index in [2.05, 4.69) is 25.6 Å². The Morgan fingerprint density at radius 2 is 1.82 bits per heavy atom. The number of hydrogen-bond donors (Lipinski definition) is 2. The van der Waals surface area contributed by atoms with E-state index < -0.39 is 0 Å². The van der Waals surface area contributed by atoms with Gasteiger partial charge in [0.05, 0.1) is 12.3 Å². The van der Waals surface area contributed by atoms with Gasteiger partial charge in [0.2, 0.25) is 5.88 Å². The highest BCUT2D eigenvalue weighted by Gasteiger charge is 2.10. The number of benzene rings is 2. The highest BCUT2D eigenvalue weighted by Crippen LogP contribution is 2.25. The number of carbonyl (C=O) groups excluding carboxylic acids is 1. The average Bonchev–Trinajstić information content (AvgIpc) is 3.22. The molecule has 4 rings (SSSR count). The fourth-order valence-electron chi connectivity index (χ4n) is 3.18. The first kappa shape index (κ1) is 21.8. The van der Waals surface area contributed by atoms with Crippen LogP contribution in [0.4, 0.5) is 16.2 Å². The first-order chi connectivity index (χ1) is 16.0. The van der Waals surface area contributed by atoms with E-state index in [0.29, 0.717) is 47.0 Å². The van der Waals surface area contributed by atoms with Crippen molar-refractivity contribution in [2.24, 2.45) is 0 Å². The number of aryl methyl sites for hydroxylation is 2. The summed E-state index contributed by atoms with van der Waals surface area (Å²) >= 11 is 0. The Kier molecular flexibility index (Phi) is 6.49. The lowest BCUT2D eigenvalue weighted by atomic mass is 10.3. The zero-order valence-electron chi connectivity index (χ0n) is 18.6. The molecule has 168 valence electrons. The van der Waals surface area contributed by atoms with E-state index in [9.17, 15) is 4.79 Å². The lowest BCUT2D eigenvalue weighted by Crippen LogP contribution is -2.19. The molecule has 0 aliphatic carbocycles. The van der Waals surface area contributed by atoms with E-state index >= 15 is 0 Å². The minimum Gasteiger partial charge on any atom is -0.492 e. The van der Waals surface area contributed by atoms with Gasteiger partial charge in [-0.2, -0.15) is 4.98 Å². The first-order valence-corrected chi connectivity index (χ1v) is 10.5. The topological polar surface area (TPSA) is 103 Å². The van der Waals surface area contributed by atoms with Crippen LogP contribution in [0.2, 0.25) is 0 Å². The summed E-state index contributed by atoms with van der Waals surface area (Å²) in [6.45, 7) is 6.10. The minimum atomic E-state index is -0.373. The minimum absolute atomic E-state index is 0.373. The molecule has 0 spiro atoms. The van der Waals surface area contributed by atoms with Gasteiger partial charge in [-0.15, -0.1) is 0 Å². The number of anilines is 2. The first-order valence-electron chi connectivity index (χ1n) is 10.5. The van der Waals surface area contributed by atoms with Crippen molar-refractivity contribution in [1.82, 2.24) is 19.5 Å². The second kappa shape index (κ2) is 9.82. The van der Waals surface area contributed by atoms with Crippen molar-refractivity contribution < 1.29 is 14.3 Å². The van der Waals surface area contributed by atoms with E-state index in [1.54, 1.807) is 55.6 Å². The van der Waals surface area contributed by atoms with Crippen LogP contribution in [0.3, 0.4) is 0 Å². The Labute approximate surface area is 191 Å². The molecule has 0 radical (unpaired) electrons. The number of nitrogens with one attached hydrogen (secondary N) is 2.